The molecule has 0 unspecified atom stereocenters. The summed E-state index contributed by atoms with van der Waals surface area (Å²) in [7, 11) is -9.33. The van der Waals surface area contributed by atoms with Gasteiger partial charge in [0.25, 0.3) is 0 Å². The molecule has 0 heterocycles. The second-order valence-corrected chi connectivity index (χ2v) is 2.69. The summed E-state index contributed by atoms with van der Waals surface area (Å²) in [4.78, 5) is 0. The van der Waals surface area contributed by atoms with Crippen LogP contribution in [0.1, 0.15) is 0 Å². The van der Waals surface area contributed by atoms with Gasteiger partial charge in [-0.05, 0) is 0 Å². The van der Waals surface area contributed by atoms with Crippen molar-refractivity contribution in [1.29, 1.82) is 0 Å². The Morgan fingerprint density at radius 1 is 0.688 bits per heavy atom. The molecule has 0 aliphatic heterocycles. The molecule has 0 aromatic heterocycles. The first-order chi connectivity index (χ1) is 4.00. The van der Waals surface area contributed by atoms with Crippen LogP contribution in [0.15, 0.2) is 0 Å². The molecule has 0 aromatic rings. The zero-order chi connectivity index (χ0) is 9.00. The van der Waals surface area contributed by atoms with Crippen molar-refractivity contribution < 1.29 is 88.4 Å². The fraction of sp³-hybridized carbons (Fsp3) is 0. The van der Waals surface area contributed by atoms with Gasteiger partial charge in [-0.2, -0.15) is 16.8 Å². The van der Waals surface area contributed by atoms with Crippen LogP contribution in [0.2, 0.25) is 0 Å². The molecule has 0 atom stereocenters. The van der Waals surface area contributed by atoms with Gasteiger partial charge in [0.2, 0.25) is 0 Å². The molecule has 0 saturated heterocycles. The molecule has 2 radical (unpaired) electrons. The molecule has 4 N–H and O–H groups in total. The molecular formula is H8Cl2CoCuMgO8S2Zn. The van der Waals surface area contributed by atoms with E-state index in [9.17, 15) is 0 Å². The maximum Gasteiger partial charge on any atom is 0.394 e. The Morgan fingerprint density at radius 2 is 0.688 bits per heavy atom. The largest absolute Gasteiger partial charge is 0.394 e. The molecule has 8 nitrogen and oxygen atoms in total. The van der Waals surface area contributed by atoms with Crippen molar-refractivity contribution >= 4 is 68.7 Å². The third-order valence-corrected chi connectivity index (χ3v) is 0. The Balaban J connectivity index is -0.00000000970. The first-order valence-electron chi connectivity index (χ1n) is 1.40. The van der Waals surface area contributed by atoms with Crippen molar-refractivity contribution in [2.75, 3.05) is 0 Å². The van der Waals surface area contributed by atoms with E-state index in [1.165, 1.54) is 0 Å². The summed E-state index contributed by atoms with van der Waals surface area (Å²) in [5.74, 6) is 0. The van der Waals surface area contributed by atoms with Crippen LogP contribution in [-0.2, 0) is 74.1 Å². The third-order valence-electron chi connectivity index (χ3n) is 0. The third kappa shape index (κ3) is 554. The van der Waals surface area contributed by atoms with E-state index in [1.54, 1.807) is 0 Å². The molecule has 0 aromatic carbocycles. The molecule has 16 heteroatoms. The molecule has 0 aliphatic rings. The average molecular weight is 483 g/mol. The molecule has 0 spiro atoms. The second kappa shape index (κ2) is 22.9. The van der Waals surface area contributed by atoms with Gasteiger partial charge in [-0.15, -0.1) is 24.8 Å². The number of hydrogen-bond donors (Lipinski definition) is 4. The molecule has 0 fully saturated rings. The molecule has 0 rings (SSSR count). The molecule has 0 bridgehead atoms. The quantitative estimate of drug-likeness (QED) is 0.243. The maximum absolute atomic E-state index is 8.74. The summed E-state index contributed by atoms with van der Waals surface area (Å²) >= 11 is 0. The van der Waals surface area contributed by atoms with Gasteiger partial charge in [-0.1, -0.05) is 0 Å². The Morgan fingerprint density at radius 3 is 0.688 bits per heavy atom. The summed E-state index contributed by atoms with van der Waals surface area (Å²) in [6.45, 7) is 0. The Bertz CT molecular complexity index is 232. The SMILES string of the molecule is Cl.Cl.O=S(=O)(O)O.O=S(=O)(O)O.[Co].[Cu].[MgH2].[Zn]. The first-order valence-corrected chi connectivity index (χ1v) is 4.19. The van der Waals surface area contributed by atoms with Crippen molar-refractivity contribution in [2.24, 2.45) is 0 Å². The molecule has 0 amide bonds. The van der Waals surface area contributed by atoms with E-state index >= 15 is 0 Å². The van der Waals surface area contributed by atoms with E-state index in [2.05, 4.69) is 0 Å². The fourth-order valence-corrected chi connectivity index (χ4v) is 0. The van der Waals surface area contributed by atoms with E-state index in [4.69, 9.17) is 35.0 Å². The standard InChI is InChI=1S/2ClH.Co.Cu.Mg.2H2O4S.Zn.2H/c;;;;;2*1-5(2,3)4;;;/h2*1H;;;;2*(H2,1,2,3,4);;;. The van der Waals surface area contributed by atoms with Crippen molar-refractivity contribution in [2.45, 2.75) is 0 Å². The minimum Gasteiger partial charge on any atom is -0.264 e. The Hall–Kier alpha value is 2.74. The van der Waals surface area contributed by atoms with Crippen LogP contribution >= 0.6 is 24.8 Å². The van der Waals surface area contributed by atoms with E-state index in [0.717, 1.165) is 0 Å². The van der Waals surface area contributed by atoms with Crippen LogP contribution in [0.4, 0.5) is 0 Å². The fourth-order valence-electron chi connectivity index (χ4n) is 0. The number of hydrogen-bond acceptors (Lipinski definition) is 4. The van der Waals surface area contributed by atoms with Gasteiger partial charge in [0.15, 0.2) is 0 Å². The van der Waals surface area contributed by atoms with Crippen molar-refractivity contribution in [1.82, 2.24) is 0 Å². The number of halogens is 2. The van der Waals surface area contributed by atoms with E-state index in [-0.39, 0.29) is 101 Å². The molecule has 0 saturated carbocycles. The summed E-state index contributed by atoms with van der Waals surface area (Å²) in [5, 5.41) is 0. The van der Waals surface area contributed by atoms with Crippen LogP contribution in [0, 0.1) is 0 Å². The smallest absolute Gasteiger partial charge is 0.264 e. The van der Waals surface area contributed by atoms with Crippen LogP contribution in [-0.4, -0.2) is 58.1 Å². The Kier molecular flexibility index (Phi) is 73.1. The zero-order valence-electron chi connectivity index (χ0n) is 6.40. The summed E-state index contributed by atoms with van der Waals surface area (Å²) < 4.78 is 63.2. The van der Waals surface area contributed by atoms with Gasteiger partial charge in [0.05, 0.1) is 0 Å². The van der Waals surface area contributed by atoms with Gasteiger partial charge >= 0.3 is 43.9 Å². The number of rotatable bonds is 0. The van der Waals surface area contributed by atoms with Crippen LogP contribution in [0.3, 0.4) is 0 Å². The molecule has 0 aliphatic carbocycles. The Labute approximate surface area is 155 Å². The van der Waals surface area contributed by atoms with Gasteiger partial charge in [-0.3, -0.25) is 18.2 Å². The van der Waals surface area contributed by atoms with E-state index < -0.39 is 20.8 Å². The molecule has 16 heavy (non-hydrogen) atoms. The van der Waals surface area contributed by atoms with Crippen molar-refractivity contribution in [3.05, 3.63) is 0 Å². The summed E-state index contributed by atoms with van der Waals surface area (Å²) in [6, 6.07) is 0. The minimum atomic E-state index is -4.67. The van der Waals surface area contributed by atoms with Crippen molar-refractivity contribution in [3.63, 3.8) is 0 Å². The van der Waals surface area contributed by atoms with E-state index in [0.29, 0.717) is 0 Å². The monoisotopic (exact) mass is 480 g/mol. The van der Waals surface area contributed by atoms with Gasteiger partial charge in [0.1, 0.15) is 0 Å². The molecular weight excluding hydrogens is 475 g/mol. The minimum absolute atomic E-state index is 0. The normalized spacial score (nSPS) is 7.25. The van der Waals surface area contributed by atoms with Gasteiger partial charge in [0, 0.05) is 53.3 Å². The van der Waals surface area contributed by atoms with E-state index in [1.807, 2.05) is 0 Å². The predicted octanol–water partition coefficient (Wildman–Crippen LogP) is -1.39. The zero-order valence-corrected chi connectivity index (χ0v) is 14.6. The summed E-state index contributed by atoms with van der Waals surface area (Å²) in [6.07, 6.45) is 0. The van der Waals surface area contributed by atoms with Crippen LogP contribution in [0.25, 0.3) is 0 Å². The van der Waals surface area contributed by atoms with Crippen LogP contribution < -0.4 is 0 Å². The van der Waals surface area contributed by atoms with Gasteiger partial charge < -0.3 is 0 Å². The maximum atomic E-state index is 8.74. The first kappa shape index (κ1) is 51.1. The predicted molar refractivity (Wildman–Crippen MR) is 51.4 cm³/mol. The average Bonchev–Trinajstić information content (AvgIpc) is 1.12. The summed E-state index contributed by atoms with van der Waals surface area (Å²) in [5.41, 5.74) is 0. The van der Waals surface area contributed by atoms with Crippen molar-refractivity contribution in [3.8, 4) is 0 Å². The topological polar surface area (TPSA) is 149 Å². The van der Waals surface area contributed by atoms with Crippen LogP contribution in [0.5, 0.6) is 0 Å². The van der Waals surface area contributed by atoms with Gasteiger partial charge in [-0.25, -0.2) is 0 Å². The molecule has 106 valence electrons. The second-order valence-electron chi connectivity index (χ2n) is 0.896.